The molecule has 2 unspecified atom stereocenters. The van der Waals surface area contributed by atoms with Gasteiger partial charge in [-0.15, -0.1) is 0 Å². The van der Waals surface area contributed by atoms with E-state index in [9.17, 15) is 14.7 Å². The van der Waals surface area contributed by atoms with Crippen LogP contribution in [0.1, 0.15) is 53.8 Å². The van der Waals surface area contributed by atoms with Crippen LogP contribution >= 0.6 is 11.3 Å². The third-order valence-electron chi connectivity index (χ3n) is 9.12. The van der Waals surface area contributed by atoms with E-state index in [-0.39, 0.29) is 17.7 Å². The lowest BCUT2D eigenvalue weighted by Crippen LogP contribution is -2.62. The lowest BCUT2D eigenvalue weighted by atomic mass is 9.61. The molecule has 1 aromatic carbocycles. The van der Waals surface area contributed by atoms with Gasteiger partial charge in [0.25, 0.3) is 0 Å². The predicted molar refractivity (Wildman–Crippen MR) is 162 cm³/mol. The van der Waals surface area contributed by atoms with Crippen LogP contribution in [-0.2, 0) is 15.1 Å². The summed E-state index contributed by atoms with van der Waals surface area (Å²) in [5.41, 5.74) is 6.28. The molecule has 8 rings (SSSR count). The maximum atomic E-state index is 13.6. The summed E-state index contributed by atoms with van der Waals surface area (Å²) >= 11 is 1.66. The van der Waals surface area contributed by atoms with Gasteiger partial charge in [-0.05, 0) is 70.7 Å². The number of thiophene rings is 1. The Labute approximate surface area is 246 Å². The van der Waals surface area contributed by atoms with Gasteiger partial charge in [-0.25, -0.2) is 4.98 Å². The number of aliphatic hydroxyl groups is 1. The number of aryl methyl sites for hydroxylation is 1. The van der Waals surface area contributed by atoms with E-state index in [1.165, 1.54) is 6.08 Å². The second-order valence-corrected chi connectivity index (χ2v) is 13.0. The quantitative estimate of drug-likeness (QED) is 0.330. The second kappa shape index (κ2) is 8.83. The van der Waals surface area contributed by atoms with Crippen LogP contribution < -0.4 is 5.32 Å². The van der Waals surface area contributed by atoms with Gasteiger partial charge in [-0.1, -0.05) is 36.4 Å². The summed E-state index contributed by atoms with van der Waals surface area (Å²) in [5.74, 6) is -0.177. The molecule has 9 heteroatoms. The molecule has 210 valence electrons. The number of likely N-dealkylation sites (tertiary alicyclic amines) is 1. The number of hydrogen-bond donors (Lipinski definition) is 2. The SMILES string of the molecule is Cc1cc2ncc3c(n2n1)NC(c1ccc(C2(N4CC5=CC=CC(=O)C5C4=O)CC(C)(O)C2)cc1)C(c1ccsc1)=C3. The number of ketones is 1. The van der Waals surface area contributed by atoms with E-state index in [4.69, 9.17) is 0 Å². The molecular formula is C33H29N5O3S. The van der Waals surface area contributed by atoms with Crippen molar-refractivity contribution in [1.82, 2.24) is 19.5 Å². The van der Waals surface area contributed by atoms with Crippen LogP contribution in [0.15, 0.2) is 77.2 Å². The Kier molecular flexibility index (Phi) is 5.34. The maximum Gasteiger partial charge on any atom is 0.238 e. The average Bonchev–Trinajstić information content (AvgIpc) is 3.70. The number of allylic oxidation sites excluding steroid dienone is 3. The summed E-state index contributed by atoms with van der Waals surface area (Å²) in [6.45, 7) is 4.17. The molecule has 0 spiro atoms. The smallest absolute Gasteiger partial charge is 0.238 e. The number of nitrogens with one attached hydrogen (secondary N) is 1. The molecule has 2 aliphatic heterocycles. The first kappa shape index (κ1) is 25.4. The van der Waals surface area contributed by atoms with Crippen molar-refractivity contribution in [3.63, 3.8) is 0 Å². The Morgan fingerprint density at radius 1 is 1.14 bits per heavy atom. The number of carbonyl (C=O) groups excluding carboxylic acids is 2. The van der Waals surface area contributed by atoms with Crippen LogP contribution in [0.3, 0.4) is 0 Å². The van der Waals surface area contributed by atoms with Crippen LogP contribution in [0, 0.1) is 12.8 Å². The third-order valence-corrected chi connectivity index (χ3v) is 9.80. The molecule has 2 aliphatic carbocycles. The third kappa shape index (κ3) is 3.70. The lowest BCUT2D eigenvalue weighted by molar-refractivity contribution is -0.163. The van der Waals surface area contributed by atoms with Crippen molar-refractivity contribution >= 4 is 46.1 Å². The van der Waals surface area contributed by atoms with Gasteiger partial charge >= 0.3 is 0 Å². The summed E-state index contributed by atoms with van der Waals surface area (Å²) in [7, 11) is 0. The second-order valence-electron chi connectivity index (χ2n) is 12.2. The minimum absolute atomic E-state index is 0.137. The Morgan fingerprint density at radius 3 is 2.67 bits per heavy atom. The minimum atomic E-state index is -0.881. The first-order chi connectivity index (χ1) is 20.2. The summed E-state index contributed by atoms with van der Waals surface area (Å²) in [4.78, 5) is 32.6. The molecule has 0 bridgehead atoms. The summed E-state index contributed by atoms with van der Waals surface area (Å²) in [5, 5.41) is 23.5. The fraction of sp³-hybridized carbons (Fsp3) is 0.273. The molecule has 3 aromatic heterocycles. The van der Waals surface area contributed by atoms with Crippen molar-refractivity contribution < 1.29 is 14.7 Å². The molecule has 1 saturated heterocycles. The molecule has 4 aliphatic rings. The Morgan fingerprint density at radius 2 is 1.95 bits per heavy atom. The van der Waals surface area contributed by atoms with E-state index in [1.807, 2.05) is 41.6 Å². The number of carbonyl (C=O) groups is 2. The highest BCUT2D eigenvalue weighted by atomic mass is 32.1. The number of aromatic nitrogens is 3. The standard InChI is InChI=1S/C33H29N5O3S/c1-19-12-27-34-14-23-13-25(22-10-11-42-16-22)29(35-30(23)38(27)36-19)20-6-8-24(9-7-20)33(17-32(2,41)18-33)37-15-21-4-3-5-26(39)28(21)31(37)40/h3-14,16,28-29,35,41H,15,17-18H2,1-2H3. The van der Waals surface area contributed by atoms with E-state index in [2.05, 4.69) is 62.6 Å². The first-order valence-corrected chi connectivity index (χ1v) is 15.1. The molecule has 0 radical (unpaired) electrons. The van der Waals surface area contributed by atoms with Crippen LogP contribution in [-0.4, -0.2) is 48.4 Å². The van der Waals surface area contributed by atoms with Crippen LogP contribution in [0.2, 0.25) is 0 Å². The number of rotatable bonds is 4. The highest BCUT2D eigenvalue weighted by molar-refractivity contribution is 7.08. The highest BCUT2D eigenvalue weighted by Gasteiger charge is 2.60. The number of fused-ring (bicyclic) bond motifs is 4. The van der Waals surface area contributed by atoms with Crippen molar-refractivity contribution in [2.24, 2.45) is 5.92 Å². The summed E-state index contributed by atoms with van der Waals surface area (Å²) in [6.07, 6.45) is 10.0. The zero-order chi connectivity index (χ0) is 28.8. The Hall–Kier alpha value is -4.34. The Balaban J connectivity index is 1.18. The summed E-state index contributed by atoms with van der Waals surface area (Å²) in [6, 6.07) is 12.3. The molecule has 2 atom stereocenters. The lowest BCUT2D eigenvalue weighted by Gasteiger charge is -2.56. The van der Waals surface area contributed by atoms with E-state index < -0.39 is 17.1 Å². The van der Waals surface area contributed by atoms with E-state index in [0.717, 1.165) is 50.6 Å². The largest absolute Gasteiger partial charge is 0.390 e. The normalized spacial score (nSPS) is 28.2. The van der Waals surface area contributed by atoms with Gasteiger partial charge in [-0.2, -0.15) is 21.0 Å². The minimum Gasteiger partial charge on any atom is -0.390 e. The molecule has 8 nitrogen and oxygen atoms in total. The van der Waals surface area contributed by atoms with Crippen LogP contribution in [0.4, 0.5) is 5.82 Å². The molecule has 5 heterocycles. The van der Waals surface area contributed by atoms with E-state index in [0.29, 0.717) is 19.4 Å². The van der Waals surface area contributed by atoms with Crippen molar-refractivity contribution in [2.75, 3.05) is 11.9 Å². The topological polar surface area (TPSA) is 99.8 Å². The number of hydrogen-bond acceptors (Lipinski definition) is 7. The number of anilines is 1. The number of benzene rings is 1. The van der Waals surface area contributed by atoms with E-state index >= 15 is 0 Å². The first-order valence-electron chi connectivity index (χ1n) is 14.1. The van der Waals surface area contributed by atoms with Gasteiger partial charge in [0, 0.05) is 37.2 Å². The van der Waals surface area contributed by atoms with Gasteiger partial charge in [0.15, 0.2) is 11.4 Å². The molecule has 2 N–H and O–H groups in total. The van der Waals surface area contributed by atoms with Gasteiger partial charge in [-0.3, -0.25) is 9.59 Å². The number of nitrogens with zero attached hydrogens (tertiary/aromatic N) is 4. The Bertz CT molecular complexity index is 1870. The van der Waals surface area contributed by atoms with Crippen molar-refractivity contribution in [3.8, 4) is 0 Å². The van der Waals surface area contributed by atoms with Gasteiger partial charge in [0.2, 0.25) is 5.91 Å². The van der Waals surface area contributed by atoms with Gasteiger partial charge < -0.3 is 15.3 Å². The maximum absolute atomic E-state index is 13.6. The molecule has 1 saturated carbocycles. The zero-order valence-corrected chi connectivity index (χ0v) is 24.1. The van der Waals surface area contributed by atoms with Crippen LogP contribution in [0.25, 0.3) is 17.3 Å². The van der Waals surface area contributed by atoms with Gasteiger partial charge in [0.1, 0.15) is 11.7 Å². The predicted octanol–water partition coefficient (Wildman–Crippen LogP) is 5.07. The van der Waals surface area contributed by atoms with Gasteiger partial charge in [0.05, 0.1) is 22.9 Å². The highest BCUT2D eigenvalue weighted by Crippen LogP contribution is 2.55. The van der Waals surface area contributed by atoms with E-state index in [1.54, 1.807) is 17.4 Å². The molecule has 1 amide bonds. The summed E-state index contributed by atoms with van der Waals surface area (Å²) < 4.78 is 1.86. The fourth-order valence-electron chi connectivity index (χ4n) is 7.31. The molecule has 42 heavy (non-hydrogen) atoms. The average molecular weight is 576 g/mol. The molecule has 2 fully saturated rings. The zero-order valence-electron chi connectivity index (χ0n) is 23.2. The fourth-order valence-corrected chi connectivity index (χ4v) is 7.97. The van der Waals surface area contributed by atoms with Crippen LogP contribution in [0.5, 0.6) is 0 Å². The van der Waals surface area contributed by atoms with Crippen molar-refractivity contribution in [2.45, 2.75) is 43.9 Å². The van der Waals surface area contributed by atoms with Crippen molar-refractivity contribution in [1.29, 1.82) is 0 Å². The molecule has 4 aromatic rings. The van der Waals surface area contributed by atoms with Crippen molar-refractivity contribution in [3.05, 3.63) is 105 Å². The monoisotopic (exact) mass is 575 g/mol. The number of amides is 1. The molecular weight excluding hydrogens is 546 g/mol.